The normalized spacial score (nSPS) is 10.8. The number of nitrogens with zero attached hydrogens (tertiary/aromatic N) is 3. The van der Waals surface area contributed by atoms with Gasteiger partial charge in [-0.1, -0.05) is 23.7 Å². The van der Waals surface area contributed by atoms with Crippen LogP contribution in [-0.2, 0) is 11.3 Å². The number of carbonyl (C=O) groups is 1. The molecule has 0 fully saturated rings. The highest BCUT2D eigenvalue weighted by atomic mass is 35.5. The summed E-state index contributed by atoms with van der Waals surface area (Å²) in [7, 11) is 1.68. The van der Waals surface area contributed by atoms with Gasteiger partial charge < -0.3 is 9.64 Å². The Morgan fingerprint density at radius 3 is 2.70 bits per heavy atom. The Morgan fingerprint density at radius 1 is 1.22 bits per heavy atom. The van der Waals surface area contributed by atoms with Crippen LogP contribution >= 0.6 is 11.6 Å². The maximum absolute atomic E-state index is 12.6. The summed E-state index contributed by atoms with van der Waals surface area (Å²) >= 11 is 5.83. The first-order valence-electron chi connectivity index (χ1n) is 8.53. The van der Waals surface area contributed by atoms with Gasteiger partial charge in [0.2, 0.25) is 5.91 Å². The van der Waals surface area contributed by atoms with E-state index in [9.17, 15) is 9.59 Å². The molecule has 3 aromatic rings. The van der Waals surface area contributed by atoms with Gasteiger partial charge in [-0.25, -0.2) is 4.98 Å². The molecule has 140 valence electrons. The van der Waals surface area contributed by atoms with Crippen LogP contribution in [0.2, 0.25) is 5.02 Å². The predicted octanol–water partition coefficient (Wildman–Crippen LogP) is 2.90. The third-order valence-electron chi connectivity index (χ3n) is 4.30. The first-order valence-corrected chi connectivity index (χ1v) is 8.90. The fourth-order valence-electron chi connectivity index (χ4n) is 2.67. The molecule has 0 aliphatic carbocycles. The monoisotopic (exact) mass is 385 g/mol. The number of benzene rings is 2. The summed E-state index contributed by atoms with van der Waals surface area (Å²) in [6.45, 7) is 2.58. The lowest BCUT2D eigenvalue weighted by molar-refractivity contribution is -0.130. The number of halogens is 1. The molecular weight excluding hydrogens is 366 g/mol. The lowest BCUT2D eigenvalue weighted by Gasteiger charge is -2.18. The van der Waals surface area contributed by atoms with E-state index in [-0.39, 0.29) is 18.0 Å². The molecule has 1 amide bonds. The average Bonchev–Trinajstić information content (AvgIpc) is 2.66. The van der Waals surface area contributed by atoms with E-state index in [0.717, 1.165) is 5.56 Å². The molecule has 1 aromatic heterocycles. The summed E-state index contributed by atoms with van der Waals surface area (Å²) < 4.78 is 6.93. The van der Waals surface area contributed by atoms with Crippen LogP contribution in [0.1, 0.15) is 5.56 Å². The second-order valence-electron chi connectivity index (χ2n) is 6.27. The molecule has 0 aliphatic rings. The van der Waals surface area contributed by atoms with Crippen molar-refractivity contribution in [3.8, 4) is 5.75 Å². The quantitative estimate of drug-likeness (QED) is 0.654. The number of ether oxygens (including phenoxy) is 1. The molecule has 0 aliphatic heterocycles. The summed E-state index contributed by atoms with van der Waals surface area (Å²) in [6, 6.07) is 12.5. The smallest absolute Gasteiger partial charge is 0.261 e. The number of rotatable bonds is 6. The molecule has 0 unspecified atom stereocenters. The first kappa shape index (κ1) is 18.9. The maximum Gasteiger partial charge on any atom is 0.261 e. The minimum atomic E-state index is -0.220. The topological polar surface area (TPSA) is 64.4 Å². The van der Waals surface area contributed by atoms with E-state index in [4.69, 9.17) is 16.3 Å². The molecule has 7 heteroatoms. The molecule has 0 atom stereocenters. The van der Waals surface area contributed by atoms with Gasteiger partial charge in [-0.15, -0.1) is 0 Å². The number of aryl methyl sites for hydroxylation is 1. The molecule has 0 radical (unpaired) electrons. The van der Waals surface area contributed by atoms with E-state index in [1.165, 1.54) is 15.8 Å². The SMILES string of the molecule is Cc1cccc2c(=O)n(CC(=O)N(C)CCOc3ccc(Cl)cc3)cnc12. The molecule has 6 nitrogen and oxygen atoms in total. The number of aromatic nitrogens is 2. The number of hydrogen-bond acceptors (Lipinski definition) is 4. The minimum absolute atomic E-state index is 0.0623. The van der Waals surface area contributed by atoms with Crippen LogP contribution in [-0.4, -0.2) is 40.6 Å². The number of fused-ring (bicyclic) bond motifs is 1. The fraction of sp³-hybridized carbons (Fsp3) is 0.250. The van der Waals surface area contributed by atoms with Gasteiger partial charge in [0.05, 0.1) is 23.8 Å². The molecule has 3 rings (SSSR count). The molecule has 0 saturated carbocycles. The van der Waals surface area contributed by atoms with E-state index in [2.05, 4.69) is 4.98 Å². The summed E-state index contributed by atoms with van der Waals surface area (Å²) in [5, 5.41) is 1.15. The van der Waals surface area contributed by atoms with Crippen LogP contribution in [0, 0.1) is 6.92 Å². The van der Waals surface area contributed by atoms with Crippen molar-refractivity contribution in [2.24, 2.45) is 0 Å². The zero-order valence-corrected chi connectivity index (χ0v) is 15.9. The third-order valence-corrected chi connectivity index (χ3v) is 4.55. The molecular formula is C20H20ClN3O3. The predicted molar refractivity (Wildman–Crippen MR) is 105 cm³/mol. The molecule has 0 saturated heterocycles. The molecule has 2 aromatic carbocycles. The minimum Gasteiger partial charge on any atom is -0.492 e. The van der Waals surface area contributed by atoms with Gasteiger partial charge in [0, 0.05) is 12.1 Å². The Bertz CT molecular complexity index is 1020. The van der Waals surface area contributed by atoms with Crippen molar-refractivity contribution in [1.82, 2.24) is 14.5 Å². The van der Waals surface area contributed by atoms with Crippen LogP contribution in [0.15, 0.2) is 53.6 Å². The summed E-state index contributed by atoms with van der Waals surface area (Å²) in [4.78, 5) is 30.9. The lowest BCUT2D eigenvalue weighted by Crippen LogP contribution is -2.36. The summed E-state index contributed by atoms with van der Waals surface area (Å²) in [5.41, 5.74) is 1.37. The van der Waals surface area contributed by atoms with Gasteiger partial charge in [0.1, 0.15) is 18.9 Å². The highest BCUT2D eigenvalue weighted by molar-refractivity contribution is 6.30. The van der Waals surface area contributed by atoms with Crippen LogP contribution in [0.5, 0.6) is 5.75 Å². The first-order chi connectivity index (χ1) is 13.0. The van der Waals surface area contributed by atoms with E-state index in [1.54, 1.807) is 37.4 Å². The van der Waals surface area contributed by atoms with Crippen molar-refractivity contribution < 1.29 is 9.53 Å². The summed E-state index contributed by atoms with van der Waals surface area (Å²) in [5.74, 6) is 0.496. The molecule has 27 heavy (non-hydrogen) atoms. The second kappa shape index (κ2) is 8.22. The van der Waals surface area contributed by atoms with Crippen LogP contribution < -0.4 is 10.3 Å². The van der Waals surface area contributed by atoms with E-state index >= 15 is 0 Å². The van der Waals surface area contributed by atoms with Crippen LogP contribution in [0.4, 0.5) is 0 Å². The van der Waals surface area contributed by atoms with E-state index in [1.807, 2.05) is 19.1 Å². The van der Waals surface area contributed by atoms with Gasteiger partial charge >= 0.3 is 0 Å². The molecule has 0 bridgehead atoms. The van der Waals surface area contributed by atoms with Crippen molar-refractivity contribution in [2.45, 2.75) is 13.5 Å². The third kappa shape index (κ3) is 4.46. The number of carbonyl (C=O) groups excluding carboxylic acids is 1. The van der Waals surface area contributed by atoms with Crippen molar-refractivity contribution in [2.75, 3.05) is 20.2 Å². The Kier molecular flexibility index (Phi) is 5.76. The highest BCUT2D eigenvalue weighted by Gasteiger charge is 2.13. The second-order valence-corrected chi connectivity index (χ2v) is 6.70. The highest BCUT2D eigenvalue weighted by Crippen LogP contribution is 2.15. The fourth-order valence-corrected chi connectivity index (χ4v) is 2.80. The Balaban J connectivity index is 1.61. The van der Waals surface area contributed by atoms with Crippen LogP contribution in [0.3, 0.4) is 0 Å². The van der Waals surface area contributed by atoms with E-state index in [0.29, 0.717) is 34.8 Å². The average molecular weight is 386 g/mol. The number of likely N-dealkylation sites (N-methyl/N-ethyl adjacent to an activating group) is 1. The zero-order valence-electron chi connectivity index (χ0n) is 15.2. The van der Waals surface area contributed by atoms with Crippen molar-refractivity contribution in [3.05, 3.63) is 69.7 Å². The molecule has 1 heterocycles. The Morgan fingerprint density at radius 2 is 1.96 bits per heavy atom. The van der Waals surface area contributed by atoms with Crippen molar-refractivity contribution in [3.63, 3.8) is 0 Å². The van der Waals surface area contributed by atoms with Crippen molar-refractivity contribution >= 4 is 28.4 Å². The van der Waals surface area contributed by atoms with Gasteiger partial charge in [0.25, 0.3) is 5.56 Å². The lowest BCUT2D eigenvalue weighted by atomic mass is 10.1. The van der Waals surface area contributed by atoms with Gasteiger partial charge in [-0.05, 0) is 42.8 Å². The van der Waals surface area contributed by atoms with Gasteiger partial charge in [0.15, 0.2) is 0 Å². The zero-order chi connectivity index (χ0) is 19.4. The number of amides is 1. The Hall–Kier alpha value is -2.86. The number of hydrogen-bond donors (Lipinski definition) is 0. The Labute approximate surface area is 162 Å². The van der Waals surface area contributed by atoms with Crippen LogP contribution in [0.25, 0.3) is 10.9 Å². The molecule has 0 spiro atoms. The molecule has 0 N–H and O–H groups in total. The summed E-state index contributed by atoms with van der Waals surface area (Å²) in [6.07, 6.45) is 1.42. The largest absolute Gasteiger partial charge is 0.492 e. The standard InChI is InChI=1S/C20H20ClN3O3/c1-14-4-3-5-17-19(14)22-13-24(20(17)26)12-18(25)23(2)10-11-27-16-8-6-15(21)7-9-16/h3-9,13H,10-12H2,1-2H3. The van der Waals surface area contributed by atoms with Gasteiger partial charge in [-0.2, -0.15) is 0 Å². The number of para-hydroxylation sites is 1. The van der Waals surface area contributed by atoms with Crippen molar-refractivity contribution in [1.29, 1.82) is 0 Å². The van der Waals surface area contributed by atoms with Gasteiger partial charge in [-0.3, -0.25) is 14.2 Å². The van der Waals surface area contributed by atoms with E-state index < -0.39 is 0 Å². The maximum atomic E-state index is 12.6.